The molecule has 90 valence electrons. The Labute approximate surface area is 96.0 Å². The molecule has 1 aromatic rings. The molecule has 1 aromatic heterocycles. The minimum atomic E-state index is 0.297. The van der Waals surface area contributed by atoms with Crippen LogP contribution in [0.2, 0.25) is 0 Å². The maximum Gasteiger partial charge on any atom is 0.229 e. The van der Waals surface area contributed by atoms with E-state index >= 15 is 0 Å². The Balaban J connectivity index is 2.10. The maximum absolute atomic E-state index is 5.60. The van der Waals surface area contributed by atoms with Crippen LogP contribution in [-0.2, 0) is 0 Å². The summed E-state index contributed by atoms with van der Waals surface area (Å²) in [5.41, 5.74) is 5.60. The van der Waals surface area contributed by atoms with Crippen molar-refractivity contribution >= 4 is 0 Å². The average Bonchev–Trinajstić information content (AvgIpc) is 2.84. The Hall–Kier alpha value is -0.940. The number of rotatable bonds is 4. The number of nitrogens with two attached hydrogens (primary N) is 1. The van der Waals surface area contributed by atoms with Crippen molar-refractivity contribution in [3.05, 3.63) is 11.7 Å². The topological polar surface area (TPSA) is 68.2 Å². The first-order valence-electron chi connectivity index (χ1n) is 6.00. The van der Waals surface area contributed by atoms with Gasteiger partial charge in [-0.1, -0.05) is 19.0 Å². The lowest BCUT2D eigenvalue weighted by molar-refractivity contribution is 0.248. The molecule has 1 saturated heterocycles. The molecule has 5 nitrogen and oxygen atoms in total. The first-order valence-corrected chi connectivity index (χ1v) is 6.00. The summed E-state index contributed by atoms with van der Waals surface area (Å²) >= 11 is 0. The van der Waals surface area contributed by atoms with Crippen molar-refractivity contribution in [2.45, 2.75) is 38.6 Å². The van der Waals surface area contributed by atoms with E-state index in [1.54, 1.807) is 0 Å². The molecule has 1 atom stereocenters. The second-order valence-electron chi connectivity index (χ2n) is 4.63. The Morgan fingerprint density at radius 3 is 3.00 bits per heavy atom. The molecular weight excluding hydrogens is 204 g/mol. The molecule has 1 unspecified atom stereocenters. The molecule has 1 fully saturated rings. The largest absolute Gasteiger partial charge is 0.339 e. The lowest BCUT2D eigenvalue weighted by atomic mass is 10.2. The average molecular weight is 224 g/mol. The molecule has 2 rings (SSSR count). The van der Waals surface area contributed by atoms with Crippen molar-refractivity contribution in [2.24, 2.45) is 5.73 Å². The van der Waals surface area contributed by atoms with Crippen LogP contribution in [0.4, 0.5) is 0 Å². The van der Waals surface area contributed by atoms with Crippen LogP contribution in [-0.4, -0.2) is 34.7 Å². The van der Waals surface area contributed by atoms with E-state index in [4.69, 9.17) is 10.3 Å². The summed E-state index contributed by atoms with van der Waals surface area (Å²) in [5.74, 6) is 1.86. The third-order valence-electron chi connectivity index (χ3n) is 3.03. The van der Waals surface area contributed by atoms with Crippen molar-refractivity contribution in [1.82, 2.24) is 15.0 Å². The van der Waals surface area contributed by atoms with Gasteiger partial charge in [-0.25, -0.2) is 0 Å². The van der Waals surface area contributed by atoms with Gasteiger partial charge in [-0.2, -0.15) is 4.98 Å². The Morgan fingerprint density at radius 1 is 1.56 bits per heavy atom. The fourth-order valence-corrected chi connectivity index (χ4v) is 2.17. The van der Waals surface area contributed by atoms with Crippen LogP contribution in [0.5, 0.6) is 0 Å². The van der Waals surface area contributed by atoms with Gasteiger partial charge in [0.05, 0.1) is 6.04 Å². The molecule has 0 aromatic carbocycles. The van der Waals surface area contributed by atoms with Crippen molar-refractivity contribution in [3.63, 3.8) is 0 Å². The molecule has 0 amide bonds. The van der Waals surface area contributed by atoms with Gasteiger partial charge < -0.3 is 10.3 Å². The predicted octanol–water partition coefficient (Wildman–Crippen LogP) is 1.29. The Kier molecular flexibility index (Phi) is 3.56. The van der Waals surface area contributed by atoms with Gasteiger partial charge in [-0.05, 0) is 19.4 Å². The molecule has 0 radical (unpaired) electrons. The number of aromatic nitrogens is 2. The number of hydrogen-bond acceptors (Lipinski definition) is 5. The van der Waals surface area contributed by atoms with Gasteiger partial charge in [-0.3, -0.25) is 4.90 Å². The minimum Gasteiger partial charge on any atom is -0.339 e. The summed E-state index contributed by atoms with van der Waals surface area (Å²) in [7, 11) is 0. The summed E-state index contributed by atoms with van der Waals surface area (Å²) < 4.78 is 5.25. The molecule has 1 aliphatic rings. The van der Waals surface area contributed by atoms with E-state index < -0.39 is 0 Å². The highest BCUT2D eigenvalue weighted by Crippen LogP contribution is 2.30. The van der Waals surface area contributed by atoms with Crippen LogP contribution in [0.1, 0.15) is 50.4 Å². The third-order valence-corrected chi connectivity index (χ3v) is 3.03. The number of likely N-dealkylation sites (tertiary alicyclic amines) is 1. The molecule has 0 bridgehead atoms. The maximum atomic E-state index is 5.60. The summed E-state index contributed by atoms with van der Waals surface area (Å²) in [6.45, 7) is 6.81. The number of nitrogens with zero attached hydrogens (tertiary/aromatic N) is 3. The molecule has 5 heteroatoms. The molecule has 2 N–H and O–H groups in total. The normalized spacial score (nSPS) is 22.1. The standard InChI is InChI=1S/C11H20N4O/c1-8(2)11-13-10(14-16-11)9-4-3-6-15(9)7-5-12/h8-9H,3-7,12H2,1-2H3. The zero-order valence-corrected chi connectivity index (χ0v) is 10.0. The first kappa shape index (κ1) is 11.5. The lowest BCUT2D eigenvalue weighted by Gasteiger charge is -2.20. The van der Waals surface area contributed by atoms with Crippen molar-refractivity contribution in [1.29, 1.82) is 0 Å². The van der Waals surface area contributed by atoms with Crippen LogP contribution in [0, 0.1) is 0 Å². The van der Waals surface area contributed by atoms with Crippen molar-refractivity contribution in [2.75, 3.05) is 19.6 Å². The van der Waals surface area contributed by atoms with E-state index in [2.05, 4.69) is 28.9 Å². The van der Waals surface area contributed by atoms with Gasteiger partial charge in [0.1, 0.15) is 0 Å². The van der Waals surface area contributed by atoms with Crippen LogP contribution >= 0.6 is 0 Å². The van der Waals surface area contributed by atoms with Crippen LogP contribution in [0.3, 0.4) is 0 Å². The van der Waals surface area contributed by atoms with E-state index in [9.17, 15) is 0 Å². The molecule has 0 spiro atoms. The quantitative estimate of drug-likeness (QED) is 0.834. The molecular formula is C11H20N4O. The molecule has 1 aliphatic heterocycles. The summed E-state index contributed by atoms with van der Waals surface area (Å²) in [5, 5.41) is 4.08. The summed E-state index contributed by atoms with van der Waals surface area (Å²) in [6.07, 6.45) is 2.30. The minimum absolute atomic E-state index is 0.297. The Bertz CT molecular complexity index is 336. The van der Waals surface area contributed by atoms with Crippen molar-refractivity contribution in [3.8, 4) is 0 Å². The lowest BCUT2D eigenvalue weighted by Crippen LogP contribution is -2.29. The number of hydrogen-bond donors (Lipinski definition) is 1. The highest BCUT2D eigenvalue weighted by Gasteiger charge is 2.29. The smallest absolute Gasteiger partial charge is 0.229 e. The highest BCUT2D eigenvalue weighted by atomic mass is 16.5. The fraction of sp³-hybridized carbons (Fsp3) is 0.818. The fourth-order valence-electron chi connectivity index (χ4n) is 2.17. The van der Waals surface area contributed by atoms with Gasteiger partial charge in [-0.15, -0.1) is 0 Å². The SMILES string of the molecule is CC(C)c1nc(C2CCCN2CCN)no1. The molecule has 16 heavy (non-hydrogen) atoms. The zero-order valence-electron chi connectivity index (χ0n) is 10.0. The van der Waals surface area contributed by atoms with Gasteiger partial charge in [0.15, 0.2) is 5.82 Å². The highest BCUT2D eigenvalue weighted by molar-refractivity contribution is 4.99. The van der Waals surface area contributed by atoms with Gasteiger partial charge in [0.2, 0.25) is 5.89 Å². The summed E-state index contributed by atoms with van der Waals surface area (Å²) in [6, 6.07) is 0.305. The molecule has 0 aliphatic carbocycles. The third kappa shape index (κ3) is 2.25. The summed E-state index contributed by atoms with van der Waals surface area (Å²) in [4.78, 5) is 6.81. The van der Waals surface area contributed by atoms with Crippen LogP contribution in [0.25, 0.3) is 0 Å². The van der Waals surface area contributed by atoms with Gasteiger partial charge in [0, 0.05) is 19.0 Å². The first-order chi connectivity index (χ1) is 7.72. The second-order valence-corrected chi connectivity index (χ2v) is 4.63. The van der Waals surface area contributed by atoms with E-state index in [0.29, 0.717) is 18.5 Å². The van der Waals surface area contributed by atoms with Crippen molar-refractivity contribution < 1.29 is 4.52 Å². The molecule has 0 saturated carbocycles. The van der Waals surface area contributed by atoms with E-state index in [1.807, 2.05) is 0 Å². The Morgan fingerprint density at radius 2 is 2.38 bits per heavy atom. The molecule has 2 heterocycles. The van der Waals surface area contributed by atoms with Crippen LogP contribution < -0.4 is 5.73 Å². The van der Waals surface area contributed by atoms with E-state index in [1.165, 1.54) is 6.42 Å². The second kappa shape index (κ2) is 4.93. The zero-order chi connectivity index (χ0) is 11.5. The monoisotopic (exact) mass is 224 g/mol. The van der Waals surface area contributed by atoms with Gasteiger partial charge >= 0.3 is 0 Å². The van der Waals surface area contributed by atoms with E-state index in [0.717, 1.165) is 31.2 Å². The predicted molar refractivity (Wildman–Crippen MR) is 61.0 cm³/mol. The van der Waals surface area contributed by atoms with Gasteiger partial charge in [0.25, 0.3) is 0 Å². The van der Waals surface area contributed by atoms with E-state index in [-0.39, 0.29) is 0 Å². The van der Waals surface area contributed by atoms with Crippen LogP contribution in [0.15, 0.2) is 4.52 Å².